The van der Waals surface area contributed by atoms with Crippen LogP contribution in [0.25, 0.3) is 0 Å². The van der Waals surface area contributed by atoms with E-state index in [9.17, 15) is 18.9 Å². The summed E-state index contributed by atoms with van der Waals surface area (Å²) in [5, 5.41) is 2.87. The molecule has 1 fully saturated rings. The van der Waals surface area contributed by atoms with E-state index in [0.29, 0.717) is 5.75 Å². The molecular formula is C17H31N2O9PS. The third-order valence-corrected chi connectivity index (χ3v) is 6.20. The molecule has 1 rings (SSSR count). The molecule has 0 aliphatic heterocycles. The highest BCUT2D eigenvalue weighted by Gasteiger charge is 2.45. The van der Waals surface area contributed by atoms with Crippen molar-refractivity contribution < 1.29 is 42.9 Å². The molecule has 1 amide bonds. The van der Waals surface area contributed by atoms with Crippen LogP contribution >= 0.6 is 19.4 Å². The topological polar surface area (TPSA) is 174 Å². The number of hydrogen-bond acceptors (Lipinski definition) is 9. The molecule has 0 aromatic heterocycles. The minimum atomic E-state index is -4.02. The van der Waals surface area contributed by atoms with Crippen molar-refractivity contribution in [3.63, 3.8) is 0 Å². The molecular weight excluding hydrogens is 439 g/mol. The first-order valence-electron chi connectivity index (χ1n) is 9.51. The molecule has 0 bridgehead atoms. The van der Waals surface area contributed by atoms with Crippen LogP contribution in [-0.4, -0.2) is 82.8 Å². The molecule has 0 aromatic rings. The maximum Gasteiger partial charge on any atom is 0.325 e. The van der Waals surface area contributed by atoms with E-state index in [1.165, 1.54) is 25.6 Å². The highest BCUT2D eigenvalue weighted by atomic mass is 32.2. The number of thioether (sulfide) groups is 1. The van der Waals surface area contributed by atoms with Crippen LogP contribution < -0.4 is 11.1 Å². The third kappa shape index (κ3) is 12.5. The second-order valence-corrected chi connectivity index (χ2v) is 10.1. The molecule has 1 aliphatic rings. The zero-order chi connectivity index (χ0) is 22.8. The highest BCUT2D eigenvalue weighted by molar-refractivity contribution is 7.99. The van der Waals surface area contributed by atoms with Gasteiger partial charge in [-0.3, -0.25) is 18.9 Å². The number of carbonyl (C=O) groups is 3. The summed E-state index contributed by atoms with van der Waals surface area (Å²) < 4.78 is 26.2. The van der Waals surface area contributed by atoms with E-state index in [1.807, 2.05) is 0 Å². The summed E-state index contributed by atoms with van der Waals surface area (Å²) in [4.78, 5) is 52.0. The van der Waals surface area contributed by atoms with Gasteiger partial charge < -0.3 is 35.0 Å². The number of carbonyl (C=O) groups excluding carboxylic acids is 3. The Balaban J connectivity index is 2.30. The number of hydrogen-bond donors (Lipinski definition) is 4. The van der Waals surface area contributed by atoms with Crippen molar-refractivity contribution in [3.8, 4) is 0 Å². The first-order chi connectivity index (χ1) is 13.9. The minimum Gasteiger partial charge on any atom is -0.462 e. The van der Waals surface area contributed by atoms with E-state index in [1.54, 1.807) is 0 Å². The summed E-state index contributed by atoms with van der Waals surface area (Å²) in [7, 11) is -4.02. The summed E-state index contributed by atoms with van der Waals surface area (Å²) in [5.41, 5.74) is 5.46. The van der Waals surface area contributed by atoms with Gasteiger partial charge in [0.25, 0.3) is 0 Å². The molecule has 13 heteroatoms. The zero-order valence-electron chi connectivity index (χ0n) is 17.2. The van der Waals surface area contributed by atoms with E-state index >= 15 is 0 Å². The summed E-state index contributed by atoms with van der Waals surface area (Å²) in [5.74, 6) is -0.703. The number of esters is 2. The Morgan fingerprint density at radius 1 is 1.20 bits per heavy atom. The number of ether oxygens (including phenoxy) is 3. The van der Waals surface area contributed by atoms with Crippen molar-refractivity contribution in [2.75, 3.05) is 37.5 Å². The standard InChI is InChI=1S/C17H31N2O9PS/c1-12(20)27-8-14(28-13(2)21)9-30-10-15(18)16(22)19-17(4-5-17)11-26-6-3-7-29(23,24)25/h14-15H,3-11,18H2,1-2H3,(H,19,22)(H2,23,24,25). The van der Waals surface area contributed by atoms with Crippen LogP contribution in [0.3, 0.4) is 0 Å². The molecule has 11 nitrogen and oxygen atoms in total. The lowest BCUT2D eigenvalue weighted by Crippen LogP contribution is -2.49. The Hall–Kier alpha value is -1.17. The minimum absolute atomic E-state index is 0.0637. The predicted octanol–water partition coefficient (Wildman–Crippen LogP) is -0.225. The molecule has 5 N–H and O–H groups in total. The average molecular weight is 470 g/mol. The van der Waals surface area contributed by atoms with Crippen molar-refractivity contribution in [3.05, 3.63) is 0 Å². The van der Waals surface area contributed by atoms with Gasteiger partial charge in [0.15, 0.2) is 0 Å². The Kier molecular flexibility index (Phi) is 11.3. The van der Waals surface area contributed by atoms with Gasteiger partial charge in [0.2, 0.25) is 5.91 Å². The van der Waals surface area contributed by atoms with E-state index in [0.717, 1.165) is 12.8 Å². The van der Waals surface area contributed by atoms with Crippen molar-refractivity contribution in [1.29, 1.82) is 0 Å². The van der Waals surface area contributed by atoms with Crippen LogP contribution in [0.15, 0.2) is 0 Å². The van der Waals surface area contributed by atoms with Crippen molar-refractivity contribution in [2.45, 2.75) is 50.8 Å². The van der Waals surface area contributed by atoms with Crippen LogP contribution in [0.1, 0.15) is 33.1 Å². The number of rotatable bonds is 15. The van der Waals surface area contributed by atoms with Gasteiger partial charge in [0.1, 0.15) is 12.7 Å². The first kappa shape index (κ1) is 26.9. The molecule has 174 valence electrons. The molecule has 0 aromatic carbocycles. The third-order valence-electron chi connectivity index (χ3n) is 4.10. The van der Waals surface area contributed by atoms with Gasteiger partial charge in [-0.15, -0.1) is 0 Å². The van der Waals surface area contributed by atoms with Gasteiger partial charge in [-0.25, -0.2) is 0 Å². The number of nitrogens with one attached hydrogen (secondary N) is 1. The van der Waals surface area contributed by atoms with Crippen LogP contribution in [0, 0.1) is 0 Å². The van der Waals surface area contributed by atoms with Gasteiger partial charge in [-0.1, -0.05) is 0 Å². The first-order valence-corrected chi connectivity index (χ1v) is 12.5. The molecule has 0 heterocycles. The predicted molar refractivity (Wildman–Crippen MR) is 110 cm³/mol. The lowest BCUT2D eigenvalue weighted by molar-refractivity contribution is -0.154. The van der Waals surface area contributed by atoms with Crippen LogP contribution in [0.5, 0.6) is 0 Å². The van der Waals surface area contributed by atoms with Gasteiger partial charge in [-0.05, 0) is 19.3 Å². The average Bonchev–Trinajstić information content (AvgIpc) is 3.37. The number of amides is 1. The fourth-order valence-corrected chi connectivity index (χ4v) is 3.92. The molecule has 1 saturated carbocycles. The maximum absolute atomic E-state index is 12.3. The second-order valence-electron chi connectivity index (χ2n) is 7.24. The lowest BCUT2D eigenvalue weighted by Gasteiger charge is -2.21. The Labute approximate surface area is 179 Å². The fraction of sp³-hybridized carbons (Fsp3) is 0.824. The summed E-state index contributed by atoms with van der Waals surface area (Å²) in [6, 6.07) is -0.783. The zero-order valence-corrected chi connectivity index (χ0v) is 18.9. The van der Waals surface area contributed by atoms with Crippen LogP contribution in [-0.2, 0) is 33.2 Å². The van der Waals surface area contributed by atoms with E-state index in [-0.39, 0.29) is 44.1 Å². The van der Waals surface area contributed by atoms with Gasteiger partial charge in [0, 0.05) is 32.0 Å². The van der Waals surface area contributed by atoms with E-state index in [4.69, 9.17) is 29.7 Å². The maximum atomic E-state index is 12.3. The highest BCUT2D eigenvalue weighted by Crippen LogP contribution is 2.37. The molecule has 0 spiro atoms. The smallest absolute Gasteiger partial charge is 0.325 e. The van der Waals surface area contributed by atoms with Gasteiger partial charge in [-0.2, -0.15) is 11.8 Å². The second kappa shape index (κ2) is 12.6. The van der Waals surface area contributed by atoms with Crippen molar-refractivity contribution in [2.24, 2.45) is 5.73 Å². The van der Waals surface area contributed by atoms with Crippen LogP contribution in [0.2, 0.25) is 0 Å². The number of nitrogens with two attached hydrogens (primary N) is 1. The Bertz CT molecular complexity index is 639. The quantitative estimate of drug-likeness (QED) is 0.141. The molecule has 30 heavy (non-hydrogen) atoms. The SMILES string of the molecule is CC(=O)OCC(CSCC(N)C(=O)NC1(COCCCP(=O)(O)O)CC1)OC(C)=O. The Morgan fingerprint density at radius 2 is 1.87 bits per heavy atom. The van der Waals surface area contributed by atoms with E-state index < -0.39 is 37.2 Å². The summed E-state index contributed by atoms with van der Waals surface area (Å²) >= 11 is 1.31. The summed E-state index contributed by atoms with van der Waals surface area (Å²) in [6.45, 7) is 2.91. The largest absolute Gasteiger partial charge is 0.462 e. The molecule has 0 radical (unpaired) electrons. The molecule has 2 unspecified atom stereocenters. The Morgan fingerprint density at radius 3 is 2.40 bits per heavy atom. The molecule has 1 aliphatic carbocycles. The lowest BCUT2D eigenvalue weighted by atomic mass is 10.2. The van der Waals surface area contributed by atoms with Crippen molar-refractivity contribution >= 4 is 37.2 Å². The molecule has 2 atom stereocenters. The van der Waals surface area contributed by atoms with E-state index in [2.05, 4.69) is 5.32 Å². The normalized spacial score (nSPS) is 17.0. The monoisotopic (exact) mass is 470 g/mol. The van der Waals surface area contributed by atoms with Gasteiger partial charge >= 0.3 is 19.5 Å². The van der Waals surface area contributed by atoms with Gasteiger partial charge in [0.05, 0.1) is 24.3 Å². The summed E-state index contributed by atoms with van der Waals surface area (Å²) in [6.07, 6.45) is 0.867. The molecule has 0 saturated heterocycles. The van der Waals surface area contributed by atoms with Crippen molar-refractivity contribution in [1.82, 2.24) is 5.32 Å². The van der Waals surface area contributed by atoms with Crippen LogP contribution in [0.4, 0.5) is 0 Å². The fourth-order valence-electron chi connectivity index (χ4n) is 2.41.